The van der Waals surface area contributed by atoms with Crippen LogP contribution in [-0.2, 0) is 16.0 Å². The van der Waals surface area contributed by atoms with E-state index in [0.717, 1.165) is 38.7 Å². The minimum atomic E-state index is -0.192. The maximum Gasteiger partial charge on any atom is 0.249 e. The molecular weight excluding hydrogens is 250 g/mol. The molecule has 20 heavy (non-hydrogen) atoms. The number of carbonyl (C=O) groups is 1. The normalized spacial score (nSPS) is 29.5. The average Bonchev–Trinajstić information content (AvgIpc) is 3.11. The molecule has 2 fully saturated rings. The Hall–Kier alpha value is -1.35. The fourth-order valence-corrected chi connectivity index (χ4v) is 3.42. The largest absolute Gasteiger partial charge is 0.368 e. The minimum Gasteiger partial charge on any atom is -0.368 e. The fraction of sp³-hybridized carbons (Fsp3) is 0.588. The molecule has 1 aliphatic heterocycles. The van der Waals surface area contributed by atoms with Crippen molar-refractivity contribution in [3.8, 4) is 0 Å². The van der Waals surface area contributed by atoms with Gasteiger partial charge in [-0.1, -0.05) is 30.3 Å². The van der Waals surface area contributed by atoms with Gasteiger partial charge in [-0.3, -0.25) is 4.79 Å². The second kappa shape index (κ2) is 6.40. The van der Waals surface area contributed by atoms with Gasteiger partial charge in [0.2, 0.25) is 5.91 Å². The highest BCUT2D eigenvalue weighted by molar-refractivity contribution is 5.81. The standard InChI is InChI=1S/C17H23NO2/c19-17(16-7-4-10-20-16)18-15-9-8-14(12-15)11-13-5-2-1-3-6-13/h1-3,5-6,14-16H,4,7-12H2,(H,18,19)/t14-,15-,16-/m0/s1. The monoisotopic (exact) mass is 273 g/mol. The Bertz CT molecular complexity index is 440. The summed E-state index contributed by atoms with van der Waals surface area (Å²) in [6, 6.07) is 11.0. The van der Waals surface area contributed by atoms with Crippen LogP contribution in [0.1, 0.15) is 37.7 Å². The maximum absolute atomic E-state index is 12.0. The number of carbonyl (C=O) groups excluding carboxylic acids is 1. The Balaban J connectivity index is 1.46. The molecule has 0 aromatic heterocycles. The molecule has 1 heterocycles. The van der Waals surface area contributed by atoms with E-state index in [1.807, 2.05) is 0 Å². The molecule has 3 nitrogen and oxygen atoms in total. The molecule has 1 aromatic carbocycles. The van der Waals surface area contributed by atoms with Gasteiger partial charge >= 0.3 is 0 Å². The van der Waals surface area contributed by atoms with Gasteiger partial charge in [0.05, 0.1) is 0 Å². The second-order valence-electron chi connectivity index (χ2n) is 6.08. The van der Waals surface area contributed by atoms with E-state index in [1.165, 1.54) is 12.0 Å². The average molecular weight is 273 g/mol. The summed E-state index contributed by atoms with van der Waals surface area (Å²) in [7, 11) is 0. The zero-order valence-electron chi connectivity index (χ0n) is 11.9. The highest BCUT2D eigenvalue weighted by atomic mass is 16.5. The van der Waals surface area contributed by atoms with Crippen molar-refractivity contribution >= 4 is 5.91 Å². The van der Waals surface area contributed by atoms with Crippen LogP contribution in [0.4, 0.5) is 0 Å². The Labute approximate surface area is 120 Å². The van der Waals surface area contributed by atoms with Crippen LogP contribution in [0, 0.1) is 5.92 Å². The molecule has 1 saturated heterocycles. The van der Waals surface area contributed by atoms with Gasteiger partial charge in [-0.2, -0.15) is 0 Å². The van der Waals surface area contributed by atoms with Crippen LogP contribution in [0.3, 0.4) is 0 Å². The van der Waals surface area contributed by atoms with Gasteiger partial charge < -0.3 is 10.1 Å². The Morgan fingerprint density at radius 1 is 1.20 bits per heavy atom. The van der Waals surface area contributed by atoms with Crippen LogP contribution in [0.15, 0.2) is 30.3 Å². The first-order valence-corrected chi connectivity index (χ1v) is 7.77. The summed E-state index contributed by atoms with van der Waals surface area (Å²) in [4.78, 5) is 12.0. The number of amides is 1. The molecule has 0 unspecified atom stereocenters. The van der Waals surface area contributed by atoms with Crippen molar-refractivity contribution in [3.05, 3.63) is 35.9 Å². The van der Waals surface area contributed by atoms with Gasteiger partial charge in [0.1, 0.15) is 6.10 Å². The topological polar surface area (TPSA) is 38.3 Å². The van der Waals surface area contributed by atoms with Crippen molar-refractivity contribution < 1.29 is 9.53 Å². The van der Waals surface area contributed by atoms with Gasteiger partial charge in [0, 0.05) is 12.6 Å². The molecule has 1 aliphatic carbocycles. The number of hydrogen-bond donors (Lipinski definition) is 1. The summed E-state index contributed by atoms with van der Waals surface area (Å²) >= 11 is 0. The Morgan fingerprint density at radius 2 is 2.05 bits per heavy atom. The molecule has 1 amide bonds. The summed E-state index contributed by atoms with van der Waals surface area (Å²) < 4.78 is 5.44. The van der Waals surface area contributed by atoms with Gasteiger partial charge in [0.15, 0.2) is 0 Å². The first-order chi connectivity index (χ1) is 9.81. The Morgan fingerprint density at radius 3 is 2.80 bits per heavy atom. The van der Waals surface area contributed by atoms with Crippen molar-refractivity contribution in [2.45, 2.75) is 50.7 Å². The molecule has 108 valence electrons. The van der Waals surface area contributed by atoms with Gasteiger partial charge in [-0.05, 0) is 50.0 Å². The zero-order valence-corrected chi connectivity index (χ0v) is 11.9. The first kappa shape index (κ1) is 13.6. The smallest absolute Gasteiger partial charge is 0.249 e. The molecule has 2 aliphatic rings. The lowest BCUT2D eigenvalue weighted by atomic mass is 9.98. The van der Waals surface area contributed by atoms with Crippen LogP contribution >= 0.6 is 0 Å². The van der Waals surface area contributed by atoms with Crippen molar-refractivity contribution in [3.63, 3.8) is 0 Å². The molecule has 0 radical (unpaired) electrons. The molecule has 0 bridgehead atoms. The molecule has 3 heteroatoms. The van der Waals surface area contributed by atoms with Crippen LogP contribution in [0.5, 0.6) is 0 Å². The molecule has 1 N–H and O–H groups in total. The van der Waals surface area contributed by atoms with Crippen molar-refractivity contribution in [1.29, 1.82) is 0 Å². The minimum absolute atomic E-state index is 0.105. The third kappa shape index (κ3) is 3.40. The third-order valence-electron chi connectivity index (χ3n) is 4.48. The van der Waals surface area contributed by atoms with Crippen LogP contribution in [0.2, 0.25) is 0 Å². The highest BCUT2D eigenvalue weighted by Crippen LogP contribution is 2.29. The van der Waals surface area contributed by atoms with Gasteiger partial charge in [-0.25, -0.2) is 0 Å². The summed E-state index contributed by atoms with van der Waals surface area (Å²) in [6.45, 7) is 0.736. The molecule has 1 saturated carbocycles. The molecule has 1 aromatic rings. The summed E-state index contributed by atoms with van der Waals surface area (Å²) in [6.07, 6.45) is 6.26. The predicted octanol–water partition coefficient (Wildman–Crippen LogP) is 2.69. The zero-order chi connectivity index (χ0) is 13.8. The van der Waals surface area contributed by atoms with E-state index in [-0.39, 0.29) is 12.0 Å². The first-order valence-electron chi connectivity index (χ1n) is 7.77. The third-order valence-corrected chi connectivity index (χ3v) is 4.48. The van der Waals surface area contributed by atoms with E-state index in [4.69, 9.17) is 4.74 Å². The second-order valence-corrected chi connectivity index (χ2v) is 6.08. The van der Waals surface area contributed by atoms with Crippen LogP contribution < -0.4 is 5.32 Å². The van der Waals surface area contributed by atoms with Gasteiger partial charge in [0.25, 0.3) is 0 Å². The number of rotatable bonds is 4. The van der Waals surface area contributed by atoms with Crippen LogP contribution in [-0.4, -0.2) is 24.7 Å². The lowest BCUT2D eigenvalue weighted by Crippen LogP contribution is -2.40. The van der Waals surface area contributed by atoms with E-state index < -0.39 is 0 Å². The van der Waals surface area contributed by atoms with Gasteiger partial charge in [-0.15, -0.1) is 0 Å². The van der Waals surface area contributed by atoms with Crippen LogP contribution in [0.25, 0.3) is 0 Å². The van der Waals surface area contributed by atoms with E-state index in [0.29, 0.717) is 12.0 Å². The van der Waals surface area contributed by atoms with Crippen molar-refractivity contribution in [1.82, 2.24) is 5.32 Å². The molecule has 3 rings (SSSR count). The quantitative estimate of drug-likeness (QED) is 0.916. The summed E-state index contributed by atoms with van der Waals surface area (Å²) in [5, 5.41) is 3.17. The number of hydrogen-bond acceptors (Lipinski definition) is 2. The fourth-order valence-electron chi connectivity index (χ4n) is 3.42. The number of ether oxygens (including phenoxy) is 1. The van der Waals surface area contributed by atoms with E-state index in [2.05, 4.69) is 35.6 Å². The predicted molar refractivity (Wildman–Crippen MR) is 78.4 cm³/mol. The maximum atomic E-state index is 12.0. The van der Waals surface area contributed by atoms with Crippen molar-refractivity contribution in [2.24, 2.45) is 5.92 Å². The van der Waals surface area contributed by atoms with E-state index >= 15 is 0 Å². The lowest BCUT2D eigenvalue weighted by Gasteiger charge is -2.16. The lowest BCUT2D eigenvalue weighted by molar-refractivity contribution is -0.130. The van der Waals surface area contributed by atoms with E-state index in [1.54, 1.807) is 0 Å². The molecule has 3 atom stereocenters. The SMILES string of the molecule is O=C(N[C@H]1CC[C@@H](Cc2ccccc2)C1)[C@@H]1CCCO1. The summed E-state index contributed by atoms with van der Waals surface area (Å²) in [5.74, 6) is 0.806. The number of nitrogens with one attached hydrogen (secondary N) is 1. The molecule has 0 spiro atoms. The summed E-state index contributed by atoms with van der Waals surface area (Å²) in [5.41, 5.74) is 1.41. The van der Waals surface area contributed by atoms with E-state index in [9.17, 15) is 4.79 Å². The highest BCUT2D eigenvalue weighted by Gasteiger charge is 2.29. The number of benzene rings is 1. The van der Waals surface area contributed by atoms with Crippen molar-refractivity contribution in [2.75, 3.05) is 6.61 Å². The molecular formula is C17H23NO2. The Kier molecular flexibility index (Phi) is 4.36.